The average Bonchev–Trinajstić information content (AvgIpc) is 3.14. The van der Waals surface area contributed by atoms with E-state index in [1.54, 1.807) is 0 Å². The van der Waals surface area contributed by atoms with Gasteiger partial charge in [0.05, 0.1) is 32.5 Å². The Morgan fingerprint density at radius 1 is 1.17 bits per heavy atom. The Labute approximate surface area is 137 Å². The van der Waals surface area contributed by atoms with Crippen LogP contribution in [0, 0.1) is 5.92 Å². The third-order valence-electron chi connectivity index (χ3n) is 4.74. The highest BCUT2D eigenvalue weighted by Crippen LogP contribution is 2.30. The first-order chi connectivity index (χ1) is 11.2. The first-order valence-corrected chi connectivity index (χ1v) is 8.44. The van der Waals surface area contributed by atoms with E-state index in [9.17, 15) is 5.11 Å². The standard InChI is InChI=1S/C18H27NO4/c1-12(2)14(8-20)19-15-10-22-18-16(11-23-17(15)18)21-9-13-6-4-3-5-7-13/h3-7,12,14-20H,8-11H2,1-2H3/t14-,15-,16-,17-,18-/m1/s1. The molecule has 0 saturated carbocycles. The lowest BCUT2D eigenvalue weighted by Gasteiger charge is -2.26. The molecule has 0 aromatic heterocycles. The van der Waals surface area contributed by atoms with E-state index in [-0.39, 0.29) is 37.0 Å². The molecule has 0 spiro atoms. The van der Waals surface area contributed by atoms with Crippen molar-refractivity contribution in [3.63, 3.8) is 0 Å². The van der Waals surface area contributed by atoms with Crippen molar-refractivity contribution in [2.45, 2.75) is 50.8 Å². The highest BCUT2D eigenvalue weighted by molar-refractivity contribution is 5.13. The first kappa shape index (κ1) is 16.9. The van der Waals surface area contributed by atoms with Crippen LogP contribution in [0.2, 0.25) is 0 Å². The number of nitrogens with one attached hydrogen (secondary N) is 1. The second kappa shape index (κ2) is 7.73. The van der Waals surface area contributed by atoms with Gasteiger partial charge in [-0.3, -0.25) is 0 Å². The summed E-state index contributed by atoms with van der Waals surface area (Å²) in [5, 5.41) is 13.0. The molecule has 5 heteroatoms. The summed E-state index contributed by atoms with van der Waals surface area (Å²) in [6, 6.07) is 10.3. The van der Waals surface area contributed by atoms with Crippen LogP contribution in [0.5, 0.6) is 0 Å². The molecule has 1 aromatic rings. The van der Waals surface area contributed by atoms with Gasteiger partial charge in [-0.1, -0.05) is 44.2 Å². The zero-order valence-corrected chi connectivity index (χ0v) is 13.9. The van der Waals surface area contributed by atoms with Crippen LogP contribution < -0.4 is 5.32 Å². The van der Waals surface area contributed by atoms with E-state index < -0.39 is 0 Å². The minimum Gasteiger partial charge on any atom is -0.395 e. The van der Waals surface area contributed by atoms with E-state index in [2.05, 4.69) is 31.3 Å². The van der Waals surface area contributed by atoms with Crippen LogP contribution >= 0.6 is 0 Å². The van der Waals surface area contributed by atoms with Crippen molar-refractivity contribution >= 4 is 0 Å². The smallest absolute Gasteiger partial charge is 0.114 e. The number of hydrogen-bond acceptors (Lipinski definition) is 5. The van der Waals surface area contributed by atoms with Crippen molar-refractivity contribution in [1.29, 1.82) is 0 Å². The first-order valence-electron chi connectivity index (χ1n) is 8.44. The second-order valence-corrected chi connectivity index (χ2v) is 6.74. The van der Waals surface area contributed by atoms with Gasteiger partial charge in [0, 0.05) is 6.04 Å². The zero-order chi connectivity index (χ0) is 16.2. The summed E-state index contributed by atoms with van der Waals surface area (Å²) in [6.07, 6.45) is -0.0510. The fourth-order valence-corrected chi connectivity index (χ4v) is 3.26. The molecule has 23 heavy (non-hydrogen) atoms. The summed E-state index contributed by atoms with van der Waals surface area (Å²) in [5.74, 6) is 0.366. The molecule has 2 aliphatic rings. The van der Waals surface area contributed by atoms with Crippen LogP contribution in [0.3, 0.4) is 0 Å². The number of aliphatic hydroxyl groups is 1. The Bertz CT molecular complexity index is 481. The predicted octanol–water partition coefficient (Wildman–Crippen LogP) is 1.34. The largest absolute Gasteiger partial charge is 0.395 e. The lowest BCUT2D eigenvalue weighted by molar-refractivity contribution is -0.0395. The fourth-order valence-electron chi connectivity index (χ4n) is 3.26. The Morgan fingerprint density at radius 2 is 1.91 bits per heavy atom. The van der Waals surface area contributed by atoms with Crippen LogP contribution in [-0.4, -0.2) is 55.3 Å². The van der Waals surface area contributed by atoms with Crippen molar-refractivity contribution in [3.05, 3.63) is 35.9 Å². The highest BCUT2D eigenvalue weighted by atomic mass is 16.6. The van der Waals surface area contributed by atoms with Gasteiger partial charge >= 0.3 is 0 Å². The van der Waals surface area contributed by atoms with Gasteiger partial charge in [0.2, 0.25) is 0 Å². The van der Waals surface area contributed by atoms with Crippen LogP contribution in [0.25, 0.3) is 0 Å². The summed E-state index contributed by atoms with van der Waals surface area (Å²) >= 11 is 0. The van der Waals surface area contributed by atoms with Crippen molar-refractivity contribution in [2.24, 2.45) is 5.92 Å². The average molecular weight is 321 g/mol. The van der Waals surface area contributed by atoms with Crippen LogP contribution in [0.1, 0.15) is 19.4 Å². The lowest BCUT2D eigenvalue weighted by atomic mass is 10.0. The van der Waals surface area contributed by atoms with E-state index in [0.717, 1.165) is 5.56 Å². The molecule has 2 fully saturated rings. The second-order valence-electron chi connectivity index (χ2n) is 6.74. The van der Waals surface area contributed by atoms with Crippen LogP contribution in [0.15, 0.2) is 30.3 Å². The quantitative estimate of drug-likeness (QED) is 0.794. The number of aliphatic hydroxyl groups excluding tert-OH is 1. The van der Waals surface area contributed by atoms with E-state index in [1.165, 1.54) is 0 Å². The number of benzene rings is 1. The summed E-state index contributed by atoms with van der Waals surface area (Å²) in [5.41, 5.74) is 1.16. The van der Waals surface area contributed by atoms with Crippen molar-refractivity contribution in [2.75, 3.05) is 19.8 Å². The molecule has 2 heterocycles. The summed E-state index contributed by atoms with van der Waals surface area (Å²) in [6.45, 7) is 6.06. The minimum atomic E-state index is -0.0290. The molecule has 5 atom stereocenters. The van der Waals surface area contributed by atoms with Crippen molar-refractivity contribution in [1.82, 2.24) is 5.32 Å². The molecule has 0 amide bonds. The normalized spacial score (nSPS) is 31.5. The molecule has 128 valence electrons. The van der Waals surface area contributed by atoms with E-state index in [0.29, 0.717) is 25.7 Å². The number of hydrogen-bond donors (Lipinski definition) is 2. The third kappa shape index (κ3) is 3.92. The van der Waals surface area contributed by atoms with E-state index in [1.807, 2.05) is 18.2 Å². The summed E-state index contributed by atoms with van der Waals surface area (Å²) in [7, 11) is 0. The molecule has 2 N–H and O–H groups in total. The van der Waals surface area contributed by atoms with Gasteiger partial charge in [-0.2, -0.15) is 0 Å². The molecule has 1 aromatic carbocycles. The molecular weight excluding hydrogens is 294 g/mol. The van der Waals surface area contributed by atoms with Crippen LogP contribution in [-0.2, 0) is 20.8 Å². The molecule has 0 aliphatic carbocycles. The number of rotatable bonds is 7. The molecule has 0 bridgehead atoms. The topological polar surface area (TPSA) is 60.0 Å². The van der Waals surface area contributed by atoms with Gasteiger partial charge in [0.1, 0.15) is 18.3 Å². The SMILES string of the molecule is CC(C)[C@@H](CO)N[C@@H]1CO[C@H]2[C@@H]1OC[C@H]2OCc1ccccc1. The highest BCUT2D eigenvalue weighted by Gasteiger charge is 2.48. The molecule has 0 unspecified atom stereocenters. The molecule has 2 aliphatic heterocycles. The van der Waals surface area contributed by atoms with Crippen molar-refractivity contribution in [3.8, 4) is 0 Å². The maximum Gasteiger partial charge on any atom is 0.114 e. The maximum absolute atomic E-state index is 9.49. The van der Waals surface area contributed by atoms with Gasteiger partial charge in [-0.25, -0.2) is 0 Å². The van der Waals surface area contributed by atoms with E-state index >= 15 is 0 Å². The van der Waals surface area contributed by atoms with Gasteiger partial charge in [0.15, 0.2) is 0 Å². The Hall–Kier alpha value is -0.980. The maximum atomic E-state index is 9.49. The van der Waals surface area contributed by atoms with Gasteiger partial charge < -0.3 is 24.6 Å². The van der Waals surface area contributed by atoms with Gasteiger partial charge in [-0.05, 0) is 11.5 Å². The van der Waals surface area contributed by atoms with Gasteiger partial charge in [-0.15, -0.1) is 0 Å². The van der Waals surface area contributed by atoms with Gasteiger partial charge in [0.25, 0.3) is 0 Å². The molecule has 3 rings (SSSR count). The number of ether oxygens (including phenoxy) is 3. The summed E-state index contributed by atoms with van der Waals surface area (Å²) < 4.78 is 17.8. The predicted molar refractivity (Wildman–Crippen MR) is 87.1 cm³/mol. The molecule has 5 nitrogen and oxygen atoms in total. The molecular formula is C18H27NO4. The fraction of sp³-hybridized carbons (Fsp3) is 0.667. The Morgan fingerprint density at radius 3 is 2.61 bits per heavy atom. The third-order valence-corrected chi connectivity index (χ3v) is 4.74. The minimum absolute atomic E-state index is 0.00331. The van der Waals surface area contributed by atoms with Crippen LogP contribution in [0.4, 0.5) is 0 Å². The Balaban J connectivity index is 1.52. The van der Waals surface area contributed by atoms with E-state index in [4.69, 9.17) is 14.2 Å². The van der Waals surface area contributed by atoms with Crippen molar-refractivity contribution < 1.29 is 19.3 Å². The number of fused-ring (bicyclic) bond motifs is 1. The Kier molecular flexibility index (Phi) is 5.67. The molecule has 2 saturated heterocycles. The summed E-state index contributed by atoms with van der Waals surface area (Å²) in [4.78, 5) is 0. The monoisotopic (exact) mass is 321 g/mol. The zero-order valence-electron chi connectivity index (χ0n) is 13.9. The molecule has 0 radical (unpaired) electrons. The lowest BCUT2D eigenvalue weighted by Crippen LogP contribution is -2.49.